The number of carbonyl (C=O) groups is 2. The van der Waals surface area contributed by atoms with E-state index in [1.54, 1.807) is 4.90 Å². The highest BCUT2D eigenvalue weighted by Gasteiger charge is 2.31. The largest absolute Gasteiger partial charge is 0.354 e. The normalized spacial score (nSPS) is 18.9. The molecule has 20 heavy (non-hydrogen) atoms. The van der Waals surface area contributed by atoms with Crippen LogP contribution in [0, 0.1) is 0 Å². The average Bonchev–Trinajstić information content (AvgIpc) is 2.47. The molecule has 0 aromatic heterocycles. The molecule has 1 unspecified atom stereocenters. The third kappa shape index (κ3) is 5.49. The zero-order chi connectivity index (χ0) is 14.8. The van der Waals surface area contributed by atoms with Crippen LogP contribution in [-0.4, -0.2) is 42.4 Å². The summed E-state index contributed by atoms with van der Waals surface area (Å²) in [5, 5.41) is 2.89. The molecule has 0 spiro atoms. The van der Waals surface area contributed by atoms with E-state index in [1.807, 2.05) is 0 Å². The van der Waals surface area contributed by atoms with E-state index in [-0.39, 0.29) is 17.9 Å². The van der Waals surface area contributed by atoms with E-state index in [1.165, 1.54) is 0 Å². The second-order valence-corrected chi connectivity index (χ2v) is 5.49. The molecule has 0 radical (unpaired) electrons. The van der Waals surface area contributed by atoms with Crippen molar-refractivity contribution in [3.63, 3.8) is 0 Å². The molecule has 1 heterocycles. The van der Waals surface area contributed by atoms with E-state index in [0.717, 1.165) is 51.5 Å². The van der Waals surface area contributed by atoms with Gasteiger partial charge in [-0.05, 0) is 38.6 Å². The SMILES string of the molecule is CCCCCC(=O)N1CCCCC1C(=O)NCCCN. The summed E-state index contributed by atoms with van der Waals surface area (Å²) >= 11 is 0. The Morgan fingerprint density at radius 1 is 1.25 bits per heavy atom. The summed E-state index contributed by atoms with van der Waals surface area (Å²) in [6, 6.07) is -0.268. The van der Waals surface area contributed by atoms with Gasteiger partial charge in [0.15, 0.2) is 0 Å². The topological polar surface area (TPSA) is 75.4 Å². The van der Waals surface area contributed by atoms with Crippen LogP contribution in [0.1, 0.15) is 58.3 Å². The lowest BCUT2D eigenvalue weighted by atomic mass is 10.00. The summed E-state index contributed by atoms with van der Waals surface area (Å²) in [6.45, 7) is 4.02. The van der Waals surface area contributed by atoms with Crippen LogP contribution in [-0.2, 0) is 9.59 Å². The second-order valence-electron chi connectivity index (χ2n) is 5.49. The molecule has 0 bridgehead atoms. The van der Waals surface area contributed by atoms with Gasteiger partial charge in [0.1, 0.15) is 6.04 Å². The highest BCUT2D eigenvalue weighted by Crippen LogP contribution is 2.19. The lowest BCUT2D eigenvalue weighted by Gasteiger charge is -2.34. The molecule has 1 aliphatic rings. The minimum atomic E-state index is -0.268. The fourth-order valence-corrected chi connectivity index (χ4v) is 2.60. The van der Waals surface area contributed by atoms with Crippen LogP contribution < -0.4 is 11.1 Å². The number of likely N-dealkylation sites (tertiary alicyclic amines) is 1. The number of amides is 2. The highest BCUT2D eigenvalue weighted by molar-refractivity contribution is 5.87. The van der Waals surface area contributed by atoms with Gasteiger partial charge in [-0.15, -0.1) is 0 Å². The van der Waals surface area contributed by atoms with Gasteiger partial charge < -0.3 is 16.0 Å². The van der Waals surface area contributed by atoms with Gasteiger partial charge in [-0.1, -0.05) is 19.8 Å². The van der Waals surface area contributed by atoms with Gasteiger partial charge in [0.05, 0.1) is 0 Å². The molecule has 116 valence electrons. The number of unbranched alkanes of at least 4 members (excludes halogenated alkanes) is 2. The van der Waals surface area contributed by atoms with Crippen LogP contribution >= 0.6 is 0 Å². The summed E-state index contributed by atoms with van der Waals surface area (Å²) in [5.41, 5.74) is 5.42. The first-order valence-electron chi connectivity index (χ1n) is 7.98. The molecule has 5 heteroatoms. The molecular weight excluding hydrogens is 254 g/mol. The van der Waals surface area contributed by atoms with Crippen LogP contribution in [0.15, 0.2) is 0 Å². The zero-order valence-corrected chi connectivity index (χ0v) is 12.7. The number of piperidine rings is 1. The Morgan fingerprint density at radius 2 is 2.05 bits per heavy atom. The summed E-state index contributed by atoms with van der Waals surface area (Å²) in [5.74, 6) is 0.124. The molecule has 1 fully saturated rings. The van der Waals surface area contributed by atoms with E-state index in [9.17, 15) is 9.59 Å². The minimum absolute atomic E-state index is 0.0120. The molecule has 1 aliphatic heterocycles. The lowest BCUT2D eigenvalue weighted by Crippen LogP contribution is -2.52. The number of nitrogens with one attached hydrogen (secondary N) is 1. The van der Waals surface area contributed by atoms with E-state index in [0.29, 0.717) is 19.5 Å². The molecular formula is C15H29N3O2. The van der Waals surface area contributed by atoms with Crippen LogP contribution in [0.3, 0.4) is 0 Å². The number of carbonyl (C=O) groups excluding carboxylic acids is 2. The van der Waals surface area contributed by atoms with Crippen molar-refractivity contribution in [1.82, 2.24) is 10.2 Å². The molecule has 3 N–H and O–H groups in total. The quantitative estimate of drug-likeness (QED) is 0.661. The predicted octanol–water partition coefficient (Wildman–Crippen LogP) is 1.41. The van der Waals surface area contributed by atoms with Crippen molar-refractivity contribution in [2.24, 2.45) is 5.73 Å². The van der Waals surface area contributed by atoms with Crippen LogP contribution in [0.4, 0.5) is 0 Å². The van der Waals surface area contributed by atoms with Gasteiger partial charge in [0.2, 0.25) is 11.8 Å². The number of hydrogen-bond acceptors (Lipinski definition) is 3. The van der Waals surface area contributed by atoms with Gasteiger partial charge in [0.25, 0.3) is 0 Å². The van der Waals surface area contributed by atoms with Crippen molar-refractivity contribution in [2.45, 2.75) is 64.3 Å². The van der Waals surface area contributed by atoms with Crippen molar-refractivity contribution in [3.8, 4) is 0 Å². The minimum Gasteiger partial charge on any atom is -0.354 e. The first kappa shape index (κ1) is 17.0. The number of nitrogens with zero attached hydrogens (tertiary/aromatic N) is 1. The summed E-state index contributed by atoms with van der Waals surface area (Å²) in [4.78, 5) is 26.2. The van der Waals surface area contributed by atoms with E-state index < -0.39 is 0 Å². The molecule has 0 aromatic rings. The zero-order valence-electron chi connectivity index (χ0n) is 12.7. The van der Waals surface area contributed by atoms with Gasteiger partial charge >= 0.3 is 0 Å². The van der Waals surface area contributed by atoms with Gasteiger partial charge in [-0.25, -0.2) is 0 Å². The Morgan fingerprint density at radius 3 is 2.75 bits per heavy atom. The third-order valence-electron chi connectivity index (χ3n) is 3.80. The predicted molar refractivity (Wildman–Crippen MR) is 80.2 cm³/mol. The van der Waals surface area contributed by atoms with Crippen LogP contribution in [0.5, 0.6) is 0 Å². The van der Waals surface area contributed by atoms with E-state index >= 15 is 0 Å². The maximum atomic E-state index is 12.2. The van der Waals surface area contributed by atoms with Crippen molar-refractivity contribution >= 4 is 11.8 Å². The molecule has 0 aromatic carbocycles. The monoisotopic (exact) mass is 283 g/mol. The number of hydrogen-bond donors (Lipinski definition) is 2. The molecule has 1 saturated heterocycles. The summed E-state index contributed by atoms with van der Waals surface area (Å²) in [7, 11) is 0. The molecule has 5 nitrogen and oxygen atoms in total. The van der Waals surface area contributed by atoms with Gasteiger partial charge in [0, 0.05) is 19.5 Å². The number of nitrogens with two attached hydrogens (primary N) is 1. The highest BCUT2D eigenvalue weighted by atomic mass is 16.2. The smallest absolute Gasteiger partial charge is 0.242 e. The van der Waals surface area contributed by atoms with Gasteiger partial charge in [-0.2, -0.15) is 0 Å². The lowest BCUT2D eigenvalue weighted by molar-refractivity contribution is -0.142. The molecule has 2 amide bonds. The van der Waals surface area contributed by atoms with Crippen LogP contribution in [0.2, 0.25) is 0 Å². The maximum absolute atomic E-state index is 12.2. The van der Waals surface area contributed by atoms with Crippen molar-refractivity contribution in [3.05, 3.63) is 0 Å². The summed E-state index contributed by atoms with van der Waals surface area (Å²) < 4.78 is 0. The van der Waals surface area contributed by atoms with Crippen molar-refractivity contribution in [1.29, 1.82) is 0 Å². The molecule has 1 atom stereocenters. The fraction of sp³-hybridized carbons (Fsp3) is 0.867. The Bertz CT molecular complexity index is 277. The fourth-order valence-electron chi connectivity index (χ4n) is 2.60. The second kappa shape index (κ2) is 9.75. The van der Waals surface area contributed by atoms with Crippen molar-refractivity contribution < 1.29 is 9.59 Å². The standard InChI is InChI=1S/C15H29N3O2/c1-2-3-4-9-14(19)18-12-6-5-8-13(18)15(20)17-11-7-10-16/h13H,2-12,16H2,1H3,(H,17,20). The molecule has 1 rings (SSSR count). The van der Waals surface area contributed by atoms with Crippen LogP contribution in [0.25, 0.3) is 0 Å². The van der Waals surface area contributed by atoms with E-state index in [4.69, 9.17) is 5.73 Å². The maximum Gasteiger partial charge on any atom is 0.242 e. The Labute approximate surface area is 122 Å². The average molecular weight is 283 g/mol. The Balaban J connectivity index is 2.48. The molecule has 0 saturated carbocycles. The number of rotatable bonds is 8. The van der Waals surface area contributed by atoms with E-state index in [2.05, 4.69) is 12.2 Å². The molecule has 0 aliphatic carbocycles. The first-order valence-corrected chi connectivity index (χ1v) is 7.98. The Hall–Kier alpha value is -1.10. The Kier molecular flexibility index (Phi) is 8.26. The van der Waals surface area contributed by atoms with Crippen molar-refractivity contribution in [2.75, 3.05) is 19.6 Å². The summed E-state index contributed by atoms with van der Waals surface area (Å²) in [6.07, 6.45) is 7.27. The first-order chi connectivity index (χ1) is 9.70. The van der Waals surface area contributed by atoms with Gasteiger partial charge in [-0.3, -0.25) is 9.59 Å². The third-order valence-corrected chi connectivity index (χ3v) is 3.80.